The molecule has 0 atom stereocenters. The van der Waals surface area contributed by atoms with Crippen LogP contribution in [-0.2, 0) is 16.1 Å². The summed E-state index contributed by atoms with van der Waals surface area (Å²) in [5.74, 6) is 0.544. The second-order valence-electron chi connectivity index (χ2n) is 8.09. The number of benzene rings is 2. The molecule has 174 valence electrons. The average molecular weight is 487 g/mol. The molecule has 0 spiro atoms. The first-order chi connectivity index (χ1) is 17.1. The number of fused-ring (bicyclic) bond motifs is 2. The molecular formula is C25H18N4O5S. The van der Waals surface area contributed by atoms with Crippen LogP contribution in [0.3, 0.4) is 0 Å². The van der Waals surface area contributed by atoms with Crippen LogP contribution in [-0.4, -0.2) is 34.5 Å². The van der Waals surface area contributed by atoms with Crippen molar-refractivity contribution in [3.63, 3.8) is 0 Å². The lowest BCUT2D eigenvalue weighted by atomic mass is 10.1. The van der Waals surface area contributed by atoms with Crippen LogP contribution in [0.15, 0.2) is 60.9 Å². The van der Waals surface area contributed by atoms with Gasteiger partial charge in [0.05, 0.1) is 22.4 Å². The van der Waals surface area contributed by atoms with Crippen LogP contribution in [0.4, 0.5) is 10.8 Å². The van der Waals surface area contributed by atoms with Crippen LogP contribution >= 0.6 is 11.3 Å². The minimum absolute atomic E-state index is 0.176. The molecule has 0 unspecified atom stereocenters. The Morgan fingerprint density at radius 2 is 1.77 bits per heavy atom. The standard InChI is InChI=1S/C25H18N4O5S/c30-22-7-8-23(31)29(22)17-5-3-16(4-6-17)24(32)28(13-15-2-1-9-26-12-15)25-27-18-10-19-20(34-14-33-19)11-21(18)35-25/h1-6,9-12H,7-8,13-14H2. The van der Waals surface area contributed by atoms with Crippen molar-refractivity contribution in [3.8, 4) is 11.5 Å². The van der Waals surface area contributed by atoms with Gasteiger partial charge in [-0.15, -0.1) is 0 Å². The monoisotopic (exact) mass is 486 g/mol. The number of carbonyl (C=O) groups excluding carboxylic acids is 3. The van der Waals surface area contributed by atoms with Crippen molar-refractivity contribution in [1.29, 1.82) is 0 Å². The van der Waals surface area contributed by atoms with E-state index in [0.717, 1.165) is 10.3 Å². The third-order valence-corrected chi connectivity index (χ3v) is 6.88. The number of pyridine rings is 1. The molecule has 2 aliphatic heterocycles. The van der Waals surface area contributed by atoms with E-state index in [4.69, 9.17) is 14.5 Å². The van der Waals surface area contributed by atoms with Crippen molar-refractivity contribution in [3.05, 3.63) is 72.1 Å². The maximum absolute atomic E-state index is 13.7. The second kappa shape index (κ2) is 8.48. The van der Waals surface area contributed by atoms with Gasteiger partial charge in [0.2, 0.25) is 18.6 Å². The van der Waals surface area contributed by atoms with Gasteiger partial charge in [0.25, 0.3) is 5.91 Å². The van der Waals surface area contributed by atoms with Gasteiger partial charge in [-0.3, -0.25) is 29.2 Å². The van der Waals surface area contributed by atoms with Crippen molar-refractivity contribution in [1.82, 2.24) is 9.97 Å². The molecule has 2 aliphatic rings. The maximum Gasteiger partial charge on any atom is 0.260 e. The molecule has 0 aliphatic carbocycles. The number of nitrogens with zero attached hydrogens (tertiary/aromatic N) is 4. The molecule has 3 amide bonds. The number of aromatic nitrogens is 2. The Labute approximate surface area is 203 Å². The van der Waals surface area contributed by atoms with Gasteiger partial charge in [0.1, 0.15) is 0 Å². The van der Waals surface area contributed by atoms with Gasteiger partial charge < -0.3 is 9.47 Å². The van der Waals surface area contributed by atoms with Crippen LogP contribution in [0.2, 0.25) is 0 Å². The van der Waals surface area contributed by atoms with E-state index in [2.05, 4.69) is 4.98 Å². The number of thiazole rings is 1. The minimum Gasteiger partial charge on any atom is -0.454 e. The lowest BCUT2D eigenvalue weighted by Gasteiger charge is -2.20. The number of anilines is 2. The second-order valence-corrected chi connectivity index (χ2v) is 9.10. The Bertz CT molecular complexity index is 1410. The first-order valence-corrected chi connectivity index (χ1v) is 11.8. The van der Waals surface area contributed by atoms with E-state index in [9.17, 15) is 14.4 Å². The van der Waals surface area contributed by atoms with E-state index in [-0.39, 0.29) is 43.9 Å². The predicted octanol–water partition coefficient (Wildman–Crippen LogP) is 3.92. The molecule has 35 heavy (non-hydrogen) atoms. The third-order valence-electron chi connectivity index (χ3n) is 5.84. The summed E-state index contributed by atoms with van der Waals surface area (Å²) in [7, 11) is 0. The van der Waals surface area contributed by atoms with Crippen molar-refractivity contribution in [2.24, 2.45) is 0 Å². The molecule has 2 aromatic carbocycles. The summed E-state index contributed by atoms with van der Waals surface area (Å²) in [6.45, 7) is 0.444. The molecule has 4 aromatic rings. The lowest BCUT2D eigenvalue weighted by molar-refractivity contribution is -0.121. The summed E-state index contributed by atoms with van der Waals surface area (Å²) in [6, 6.07) is 13.9. The molecule has 0 bridgehead atoms. The highest BCUT2D eigenvalue weighted by Gasteiger charge is 2.30. The maximum atomic E-state index is 13.7. The van der Waals surface area contributed by atoms with Crippen molar-refractivity contribution in [2.75, 3.05) is 16.6 Å². The van der Waals surface area contributed by atoms with E-state index in [1.54, 1.807) is 41.6 Å². The topological polar surface area (TPSA) is 102 Å². The van der Waals surface area contributed by atoms with E-state index >= 15 is 0 Å². The zero-order chi connectivity index (χ0) is 23.9. The molecule has 0 N–H and O–H groups in total. The zero-order valence-electron chi connectivity index (χ0n) is 18.3. The van der Waals surface area contributed by atoms with Crippen LogP contribution in [0.1, 0.15) is 28.8 Å². The summed E-state index contributed by atoms with van der Waals surface area (Å²) in [5.41, 5.74) is 2.42. The zero-order valence-corrected chi connectivity index (χ0v) is 19.2. The highest BCUT2D eigenvalue weighted by molar-refractivity contribution is 7.22. The summed E-state index contributed by atoms with van der Waals surface area (Å²) in [6.07, 6.45) is 3.79. The Morgan fingerprint density at radius 3 is 2.49 bits per heavy atom. The first kappa shape index (κ1) is 21.2. The molecule has 1 fully saturated rings. The Kier molecular flexibility index (Phi) is 5.14. The molecule has 10 heteroatoms. The van der Waals surface area contributed by atoms with E-state index in [1.807, 2.05) is 24.3 Å². The summed E-state index contributed by atoms with van der Waals surface area (Å²) in [4.78, 5) is 49.4. The number of hydrogen-bond acceptors (Lipinski definition) is 8. The third kappa shape index (κ3) is 3.87. The number of carbonyl (C=O) groups is 3. The fourth-order valence-corrected chi connectivity index (χ4v) is 5.07. The van der Waals surface area contributed by atoms with Crippen LogP contribution in [0, 0.1) is 0 Å². The van der Waals surface area contributed by atoms with Crippen LogP contribution in [0.5, 0.6) is 11.5 Å². The molecular weight excluding hydrogens is 468 g/mol. The fraction of sp³-hybridized carbons (Fsp3) is 0.160. The molecule has 9 nitrogen and oxygen atoms in total. The van der Waals surface area contributed by atoms with E-state index in [1.165, 1.54) is 16.2 Å². The van der Waals surface area contributed by atoms with E-state index in [0.29, 0.717) is 33.4 Å². The van der Waals surface area contributed by atoms with Gasteiger partial charge in [-0.25, -0.2) is 4.98 Å². The molecule has 2 aromatic heterocycles. The van der Waals surface area contributed by atoms with Gasteiger partial charge in [0, 0.05) is 42.9 Å². The minimum atomic E-state index is -0.265. The highest BCUT2D eigenvalue weighted by atomic mass is 32.1. The number of hydrogen-bond donors (Lipinski definition) is 0. The number of ether oxygens (including phenoxy) is 2. The predicted molar refractivity (Wildman–Crippen MR) is 129 cm³/mol. The molecule has 1 saturated heterocycles. The lowest BCUT2D eigenvalue weighted by Crippen LogP contribution is -2.31. The average Bonchev–Trinajstić information content (AvgIpc) is 3.59. The normalized spacial score (nSPS) is 14.7. The summed E-state index contributed by atoms with van der Waals surface area (Å²) in [5, 5.41) is 0.520. The van der Waals surface area contributed by atoms with Gasteiger partial charge in [-0.2, -0.15) is 0 Å². The van der Waals surface area contributed by atoms with Crippen molar-refractivity contribution < 1.29 is 23.9 Å². The molecule has 4 heterocycles. The number of imide groups is 1. The number of amides is 3. The highest BCUT2D eigenvalue weighted by Crippen LogP contribution is 2.40. The number of rotatable bonds is 5. The SMILES string of the molecule is O=C(c1ccc(N2C(=O)CCC2=O)cc1)N(Cc1cccnc1)c1nc2cc3c(cc2s1)OCO3. The van der Waals surface area contributed by atoms with Gasteiger partial charge in [0.15, 0.2) is 16.6 Å². The molecule has 0 saturated carbocycles. The van der Waals surface area contributed by atoms with Gasteiger partial charge >= 0.3 is 0 Å². The van der Waals surface area contributed by atoms with Crippen molar-refractivity contribution in [2.45, 2.75) is 19.4 Å². The smallest absolute Gasteiger partial charge is 0.260 e. The Balaban J connectivity index is 1.35. The van der Waals surface area contributed by atoms with Crippen molar-refractivity contribution >= 4 is 50.1 Å². The Hall–Kier alpha value is -4.31. The molecule has 0 radical (unpaired) electrons. The van der Waals surface area contributed by atoms with Crippen LogP contribution in [0.25, 0.3) is 10.2 Å². The fourth-order valence-electron chi connectivity index (χ4n) is 4.10. The van der Waals surface area contributed by atoms with Gasteiger partial charge in [-0.1, -0.05) is 17.4 Å². The summed E-state index contributed by atoms with van der Waals surface area (Å²) < 4.78 is 11.8. The first-order valence-electron chi connectivity index (χ1n) is 10.9. The summed E-state index contributed by atoms with van der Waals surface area (Å²) >= 11 is 1.38. The quantitative estimate of drug-likeness (QED) is 0.394. The van der Waals surface area contributed by atoms with E-state index < -0.39 is 0 Å². The Morgan fingerprint density at radius 1 is 1.03 bits per heavy atom. The largest absolute Gasteiger partial charge is 0.454 e. The van der Waals surface area contributed by atoms with Gasteiger partial charge in [-0.05, 0) is 35.9 Å². The van der Waals surface area contributed by atoms with Crippen LogP contribution < -0.4 is 19.3 Å². The molecule has 6 rings (SSSR count).